The van der Waals surface area contributed by atoms with Gasteiger partial charge in [-0.15, -0.1) is 0 Å². The first-order valence-corrected chi connectivity index (χ1v) is 11.3. The summed E-state index contributed by atoms with van der Waals surface area (Å²) in [5.74, 6) is -1.53. The number of alkyl carbamates (subject to hydrolysis) is 1. The summed E-state index contributed by atoms with van der Waals surface area (Å²) < 4.78 is 5.82. The third-order valence-electron chi connectivity index (χ3n) is 6.52. The van der Waals surface area contributed by atoms with Crippen molar-refractivity contribution in [2.45, 2.75) is 56.6 Å². The van der Waals surface area contributed by atoms with E-state index in [0.29, 0.717) is 24.0 Å². The smallest absolute Gasteiger partial charge is 0.407 e. The standard InChI is InChI=1S/C20H28N2O2.C4H4O4/c23-20(24-19-14-22-12-10-16(19)11-13-22)21-18-9-5-4-8-17(18)15-6-2-1-3-7-15;5-3(6)1-2-4(7)8/h1-3,6-7,16-19H,4-5,8-14H2,(H,21,23);1-2H,(H,5,6)(H,7,8)/b;2-1+/t17-,18+,19+;/m1./s1. The van der Waals surface area contributed by atoms with E-state index < -0.39 is 11.9 Å². The number of benzene rings is 1. The SMILES string of the molecule is O=C(N[C@H]1CCCC[C@@H]1c1ccccc1)O[C@H]1CN2CCC1CC2.O=C(O)/C=C/C(=O)O. The number of carboxylic acids is 2. The van der Waals surface area contributed by atoms with E-state index in [1.807, 2.05) is 0 Å². The van der Waals surface area contributed by atoms with Crippen molar-refractivity contribution >= 4 is 18.0 Å². The fourth-order valence-corrected chi connectivity index (χ4v) is 4.91. The maximum Gasteiger partial charge on any atom is 0.407 e. The number of piperidine rings is 3. The average molecular weight is 445 g/mol. The van der Waals surface area contributed by atoms with Crippen LogP contribution in [0.2, 0.25) is 0 Å². The van der Waals surface area contributed by atoms with Crippen molar-refractivity contribution < 1.29 is 29.3 Å². The summed E-state index contributed by atoms with van der Waals surface area (Å²) in [5.41, 5.74) is 1.34. The van der Waals surface area contributed by atoms with Crippen molar-refractivity contribution in [1.29, 1.82) is 0 Å². The second-order valence-corrected chi connectivity index (χ2v) is 8.64. The van der Waals surface area contributed by atoms with Gasteiger partial charge in [0.15, 0.2) is 0 Å². The quantitative estimate of drug-likeness (QED) is 0.597. The summed E-state index contributed by atoms with van der Waals surface area (Å²) in [6.45, 7) is 3.26. The maximum atomic E-state index is 12.5. The molecule has 1 aliphatic carbocycles. The molecule has 1 saturated carbocycles. The number of aliphatic carboxylic acids is 2. The molecule has 4 aliphatic rings. The monoisotopic (exact) mass is 444 g/mol. The molecule has 32 heavy (non-hydrogen) atoms. The fourth-order valence-electron chi connectivity index (χ4n) is 4.91. The Morgan fingerprint density at radius 1 is 0.938 bits per heavy atom. The molecule has 0 spiro atoms. The number of hydrogen-bond acceptors (Lipinski definition) is 5. The zero-order valence-corrected chi connectivity index (χ0v) is 18.2. The van der Waals surface area contributed by atoms with Gasteiger partial charge in [0.1, 0.15) is 6.10 Å². The lowest BCUT2D eigenvalue weighted by Gasteiger charge is -2.44. The van der Waals surface area contributed by atoms with Crippen molar-refractivity contribution in [2.75, 3.05) is 19.6 Å². The molecule has 4 fully saturated rings. The minimum Gasteiger partial charge on any atom is -0.478 e. The lowest BCUT2D eigenvalue weighted by Crippen LogP contribution is -2.53. The van der Waals surface area contributed by atoms with E-state index in [0.717, 1.165) is 19.4 Å². The summed E-state index contributed by atoms with van der Waals surface area (Å²) >= 11 is 0. The van der Waals surface area contributed by atoms with Gasteiger partial charge < -0.3 is 20.3 Å². The van der Waals surface area contributed by atoms with Crippen LogP contribution in [0.4, 0.5) is 4.79 Å². The van der Waals surface area contributed by atoms with Gasteiger partial charge in [-0.2, -0.15) is 0 Å². The van der Waals surface area contributed by atoms with Gasteiger partial charge in [-0.05, 0) is 50.3 Å². The molecular formula is C24H32N2O6. The van der Waals surface area contributed by atoms with E-state index in [4.69, 9.17) is 14.9 Å². The number of fused-ring (bicyclic) bond motifs is 3. The van der Waals surface area contributed by atoms with Crippen molar-refractivity contribution in [1.82, 2.24) is 10.2 Å². The molecular weight excluding hydrogens is 412 g/mol. The van der Waals surface area contributed by atoms with Crippen molar-refractivity contribution in [3.05, 3.63) is 48.0 Å². The second-order valence-electron chi connectivity index (χ2n) is 8.64. The molecule has 3 saturated heterocycles. The predicted octanol–water partition coefficient (Wildman–Crippen LogP) is 3.25. The van der Waals surface area contributed by atoms with Crippen molar-refractivity contribution in [3.63, 3.8) is 0 Å². The van der Waals surface area contributed by atoms with Crippen LogP contribution in [0, 0.1) is 5.92 Å². The highest BCUT2D eigenvalue weighted by molar-refractivity contribution is 5.89. The summed E-state index contributed by atoms with van der Waals surface area (Å²) in [4.78, 5) is 34.0. The summed E-state index contributed by atoms with van der Waals surface area (Å²) in [7, 11) is 0. The number of hydrogen-bond donors (Lipinski definition) is 3. The van der Waals surface area contributed by atoms with Crippen LogP contribution in [0.15, 0.2) is 42.5 Å². The van der Waals surface area contributed by atoms with E-state index in [-0.39, 0.29) is 18.2 Å². The Morgan fingerprint density at radius 2 is 1.56 bits per heavy atom. The number of carboxylic acid groups (broad SMARTS) is 2. The summed E-state index contributed by atoms with van der Waals surface area (Å²) in [5, 5.41) is 18.8. The maximum absolute atomic E-state index is 12.5. The Kier molecular flexibility index (Phi) is 8.67. The van der Waals surface area contributed by atoms with Gasteiger partial charge in [0, 0.05) is 30.7 Å². The zero-order valence-electron chi connectivity index (χ0n) is 18.2. The van der Waals surface area contributed by atoms with E-state index in [9.17, 15) is 14.4 Å². The van der Waals surface area contributed by atoms with Crippen LogP contribution in [-0.2, 0) is 14.3 Å². The van der Waals surface area contributed by atoms with Gasteiger partial charge in [0.2, 0.25) is 0 Å². The van der Waals surface area contributed by atoms with Crippen molar-refractivity contribution in [3.8, 4) is 0 Å². The average Bonchev–Trinajstić information content (AvgIpc) is 2.80. The molecule has 0 aromatic heterocycles. The van der Waals surface area contributed by atoms with Crippen LogP contribution in [0.5, 0.6) is 0 Å². The largest absolute Gasteiger partial charge is 0.478 e. The highest BCUT2D eigenvalue weighted by Gasteiger charge is 2.37. The minimum absolute atomic E-state index is 0.0891. The number of nitrogens with zero attached hydrogens (tertiary/aromatic N) is 1. The Bertz CT molecular complexity index is 788. The van der Waals surface area contributed by atoms with E-state index in [1.54, 1.807) is 0 Å². The van der Waals surface area contributed by atoms with Gasteiger partial charge in [0.05, 0.1) is 0 Å². The third-order valence-corrected chi connectivity index (χ3v) is 6.52. The molecule has 2 bridgehead atoms. The molecule has 1 aromatic rings. The number of nitrogens with one attached hydrogen (secondary N) is 1. The first-order chi connectivity index (χ1) is 15.4. The van der Waals surface area contributed by atoms with Crippen LogP contribution < -0.4 is 5.32 Å². The zero-order chi connectivity index (χ0) is 22.9. The number of amides is 1. The molecule has 3 aliphatic heterocycles. The topological polar surface area (TPSA) is 116 Å². The fraction of sp³-hybridized carbons (Fsp3) is 0.542. The summed E-state index contributed by atoms with van der Waals surface area (Å²) in [6.07, 6.45) is 7.98. The molecule has 8 heteroatoms. The van der Waals surface area contributed by atoms with Crippen LogP contribution >= 0.6 is 0 Å². The van der Waals surface area contributed by atoms with Crippen LogP contribution in [0.1, 0.15) is 50.0 Å². The van der Waals surface area contributed by atoms with Crippen molar-refractivity contribution in [2.24, 2.45) is 5.92 Å². The second kappa shape index (κ2) is 11.7. The predicted molar refractivity (Wildman–Crippen MR) is 118 cm³/mol. The number of carbonyl (C=O) groups excluding carboxylic acids is 1. The number of carbonyl (C=O) groups is 3. The Labute approximate surface area is 188 Å². The molecule has 0 radical (unpaired) electrons. The molecule has 174 valence electrons. The van der Waals surface area contributed by atoms with E-state index in [1.165, 1.54) is 44.3 Å². The highest BCUT2D eigenvalue weighted by Crippen LogP contribution is 2.34. The molecule has 3 N–H and O–H groups in total. The van der Waals surface area contributed by atoms with Gasteiger partial charge >= 0.3 is 18.0 Å². The number of rotatable bonds is 5. The van der Waals surface area contributed by atoms with Gasteiger partial charge in [0.25, 0.3) is 0 Å². The van der Waals surface area contributed by atoms with Gasteiger partial charge in [-0.3, -0.25) is 4.90 Å². The highest BCUT2D eigenvalue weighted by atomic mass is 16.6. The Hall–Kier alpha value is -2.87. The Balaban J connectivity index is 0.000000312. The first-order valence-electron chi connectivity index (χ1n) is 11.3. The lowest BCUT2D eigenvalue weighted by molar-refractivity contribution is -0.134. The molecule has 0 unspecified atom stereocenters. The van der Waals surface area contributed by atoms with Gasteiger partial charge in [-0.1, -0.05) is 43.2 Å². The van der Waals surface area contributed by atoms with Crippen LogP contribution in [0.25, 0.3) is 0 Å². The molecule has 3 heterocycles. The third kappa shape index (κ3) is 7.09. The first kappa shape index (κ1) is 23.8. The molecule has 1 aromatic carbocycles. The molecule has 8 nitrogen and oxygen atoms in total. The normalized spacial score (nSPS) is 28.9. The Morgan fingerprint density at radius 3 is 2.12 bits per heavy atom. The van der Waals surface area contributed by atoms with E-state index >= 15 is 0 Å². The lowest BCUT2D eigenvalue weighted by atomic mass is 9.80. The number of ether oxygens (including phenoxy) is 1. The molecule has 3 atom stereocenters. The minimum atomic E-state index is -1.26. The summed E-state index contributed by atoms with van der Waals surface area (Å²) in [6, 6.07) is 10.8. The van der Waals surface area contributed by atoms with Crippen LogP contribution in [0.3, 0.4) is 0 Å². The van der Waals surface area contributed by atoms with Crippen LogP contribution in [-0.4, -0.2) is 64.9 Å². The van der Waals surface area contributed by atoms with Gasteiger partial charge in [-0.25, -0.2) is 14.4 Å². The molecule has 1 amide bonds. The van der Waals surface area contributed by atoms with E-state index in [2.05, 4.69) is 40.5 Å². The molecule has 5 rings (SSSR count).